The van der Waals surface area contributed by atoms with E-state index < -0.39 is 0 Å². The van der Waals surface area contributed by atoms with Crippen LogP contribution in [0.2, 0.25) is 0 Å². The van der Waals surface area contributed by atoms with E-state index in [9.17, 15) is 18.7 Å². The molecule has 1 amide bonds. The zero-order valence-electron chi connectivity index (χ0n) is 17.2. The van der Waals surface area contributed by atoms with Crippen molar-refractivity contribution < 1.29 is 18.7 Å². The summed E-state index contributed by atoms with van der Waals surface area (Å²) in [6.07, 6.45) is 1.61. The zero-order valence-corrected chi connectivity index (χ0v) is 17.2. The first kappa shape index (κ1) is 21.2. The molecule has 0 unspecified atom stereocenters. The van der Waals surface area contributed by atoms with Crippen molar-refractivity contribution in [1.82, 2.24) is 4.90 Å². The van der Waals surface area contributed by atoms with E-state index in [1.807, 2.05) is 4.90 Å². The lowest BCUT2D eigenvalue weighted by Gasteiger charge is -2.36. The molecule has 0 aliphatic carbocycles. The maximum Gasteiger partial charge on any atom is 0.253 e. The summed E-state index contributed by atoms with van der Waals surface area (Å²) in [5.74, 6) is -0.300. The molecule has 0 saturated carbocycles. The van der Waals surface area contributed by atoms with Crippen molar-refractivity contribution in [3.8, 4) is 0 Å². The summed E-state index contributed by atoms with van der Waals surface area (Å²) in [5.41, 5.74) is 3.38. The van der Waals surface area contributed by atoms with Crippen molar-refractivity contribution in [2.75, 3.05) is 13.1 Å². The molecular weight excluding hydrogens is 396 g/mol. The molecule has 3 nitrogen and oxygen atoms in total. The second-order valence-electron chi connectivity index (χ2n) is 8.07. The molecule has 3 aromatic carbocycles. The Morgan fingerprint density at radius 1 is 0.839 bits per heavy atom. The summed E-state index contributed by atoms with van der Waals surface area (Å²) < 4.78 is 27.0. The van der Waals surface area contributed by atoms with Gasteiger partial charge in [0.25, 0.3) is 5.91 Å². The molecule has 1 saturated heterocycles. The van der Waals surface area contributed by atoms with Gasteiger partial charge in [-0.05, 0) is 71.8 Å². The van der Waals surface area contributed by atoms with E-state index in [0.717, 1.165) is 29.5 Å². The first-order valence-electron chi connectivity index (χ1n) is 10.5. The van der Waals surface area contributed by atoms with Crippen molar-refractivity contribution in [3.63, 3.8) is 0 Å². The van der Waals surface area contributed by atoms with E-state index in [1.54, 1.807) is 48.5 Å². The molecule has 1 fully saturated rings. The smallest absolute Gasteiger partial charge is 0.253 e. The van der Waals surface area contributed by atoms with Gasteiger partial charge in [0.1, 0.15) is 11.6 Å². The van der Waals surface area contributed by atoms with Crippen molar-refractivity contribution in [1.29, 1.82) is 0 Å². The summed E-state index contributed by atoms with van der Waals surface area (Å²) in [6, 6.07) is 20.0. The van der Waals surface area contributed by atoms with Gasteiger partial charge in [0, 0.05) is 24.6 Å². The molecule has 1 aliphatic rings. The second-order valence-corrected chi connectivity index (χ2v) is 8.07. The van der Waals surface area contributed by atoms with Crippen LogP contribution in [-0.4, -0.2) is 29.0 Å². The molecule has 0 spiro atoms. The van der Waals surface area contributed by atoms with Gasteiger partial charge in [0.2, 0.25) is 0 Å². The quantitative estimate of drug-likeness (QED) is 0.620. The van der Waals surface area contributed by atoms with Crippen molar-refractivity contribution in [2.45, 2.75) is 25.4 Å². The number of piperidine rings is 1. The molecule has 5 heteroatoms. The number of likely N-dealkylation sites (tertiary alicyclic amines) is 1. The SMILES string of the molecule is O=C(c1ccc(CO)cc1)N1CCC(C(c2ccc(F)cc2)c2ccc(F)cc2)CC1. The van der Waals surface area contributed by atoms with Gasteiger partial charge in [0.05, 0.1) is 6.61 Å². The molecule has 1 heterocycles. The van der Waals surface area contributed by atoms with E-state index in [2.05, 4.69) is 0 Å². The highest BCUT2D eigenvalue weighted by molar-refractivity contribution is 5.94. The molecule has 160 valence electrons. The van der Waals surface area contributed by atoms with Crippen LogP contribution in [0.1, 0.15) is 45.8 Å². The molecular formula is C26H25F2NO2. The Morgan fingerprint density at radius 2 is 1.32 bits per heavy atom. The van der Waals surface area contributed by atoms with Crippen LogP contribution in [0.4, 0.5) is 8.78 Å². The van der Waals surface area contributed by atoms with Gasteiger partial charge >= 0.3 is 0 Å². The number of carbonyl (C=O) groups excluding carboxylic acids is 1. The lowest BCUT2D eigenvalue weighted by atomic mass is 9.76. The first-order valence-corrected chi connectivity index (χ1v) is 10.5. The molecule has 0 bridgehead atoms. The average molecular weight is 421 g/mol. The van der Waals surface area contributed by atoms with Crippen LogP contribution in [0.5, 0.6) is 0 Å². The van der Waals surface area contributed by atoms with Gasteiger partial charge in [-0.15, -0.1) is 0 Å². The third-order valence-corrected chi connectivity index (χ3v) is 6.14. The number of rotatable bonds is 5. The highest BCUT2D eigenvalue weighted by Crippen LogP contribution is 2.38. The minimum absolute atomic E-state index is 0.0111. The first-order chi connectivity index (χ1) is 15.0. The fraction of sp³-hybridized carbons (Fsp3) is 0.269. The number of hydrogen-bond donors (Lipinski definition) is 1. The fourth-order valence-electron chi connectivity index (χ4n) is 4.45. The molecule has 0 radical (unpaired) electrons. The van der Waals surface area contributed by atoms with Crippen LogP contribution < -0.4 is 0 Å². The van der Waals surface area contributed by atoms with E-state index in [1.165, 1.54) is 24.3 Å². The van der Waals surface area contributed by atoms with Crippen molar-refractivity contribution in [3.05, 3.63) is 107 Å². The third-order valence-electron chi connectivity index (χ3n) is 6.14. The number of nitrogens with zero attached hydrogens (tertiary/aromatic N) is 1. The number of aliphatic hydroxyl groups is 1. The van der Waals surface area contributed by atoms with E-state index in [4.69, 9.17) is 0 Å². The summed E-state index contributed by atoms with van der Waals surface area (Å²) >= 11 is 0. The standard InChI is InChI=1S/C26H25F2NO2/c27-23-9-5-19(6-10-23)25(20-7-11-24(28)12-8-20)21-13-15-29(16-14-21)26(31)22-3-1-18(17-30)2-4-22/h1-12,21,25,30H,13-17H2. The van der Waals surface area contributed by atoms with Crippen LogP contribution in [0.15, 0.2) is 72.8 Å². The number of carbonyl (C=O) groups is 1. The van der Waals surface area contributed by atoms with Crippen LogP contribution in [0.3, 0.4) is 0 Å². The van der Waals surface area contributed by atoms with Crippen LogP contribution in [-0.2, 0) is 6.61 Å². The summed E-state index contributed by atoms with van der Waals surface area (Å²) in [4.78, 5) is 14.7. The predicted octanol–water partition coefficient (Wildman–Crippen LogP) is 5.14. The van der Waals surface area contributed by atoms with Gasteiger partial charge in [-0.1, -0.05) is 36.4 Å². The average Bonchev–Trinajstić information content (AvgIpc) is 2.82. The highest BCUT2D eigenvalue weighted by atomic mass is 19.1. The van der Waals surface area contributed by atoms with Crippen molar-refractivity contribution >= 4 is 5.91 Å². The molecule has 4 rings (SSSR count). The Balaban J connectivity index is 1.51. The highest BCUT2D eigenvalue weighted by Gasteiger charge is 2.31. The maximum atomic E-state index is 13.5. The van der Waals surface area contributed by atoms with E-state index in [-0.39, 0.29) is 36.0 Å². The molecule has 0 atom stereocenters. The Morgan fingerprint density at radius 3 is 1.77 bits per heavy atom. The minimum Gasteiger partial charge on any atom is -0.392 e. The number of amides is 1. The second kappa shape index (κ2) is 9.40. The lowest BCUT2D eigenvalue weighted by Crippen LogP contribution is -2.40. The van der Waals surface area contributed by atoms with Gasteiger partial charge < -0.3 is 10.0 Å². The Kier molecular flexibility index (Phi) is 6.42. The number of hydrogen-bond acceptors (Lipinski definition) is 2. The Labute approximate surface area is 181 Å². The number of benzene rings is 3. The molecule has 0 aromatic heterocycles. The topological polar surface area (TPSA) is 40.5 Å². The Hall–Kier alpha value is -3.05. The molecule has 3 aromatic rings. The molecule has 31 heavy (non-hydrogen) atoms. The third kappa shape index (κ3) is 4.83. The summed E-state index contributed by atoms with van der Waals surface area (Å²) in [7, 11) is 0. The summed E-state index contributed by atoms with van der Waals surface area (Å²) in [6.45, 7) is 1.21. The Bertz CT molecular complexity index is 963. The van der Waals surface area contributed by atoms with Gasteiger partial charge in [0.15, 0.2) is 0 Å². The van der Waals surface area contributed by atoms with E-state index in [0.29, 0.717) is 18.7 Å². The molecule has 1 aliphatic heterocycles. The number of halogens is 2. The summed E-state index contributed by atoms with van der Waals surface area (Å²) in [5, 5.41) is 9.18. The zero-order chi connectivity index (χ0) is 21.8. The number of aliphatic hydroxyl groups excluding tert-OH is 1. The van der Waals surface area contributed by atoms with Gasteiger partial charge in [-0.3, -0.25) is 4.79 Å². The van der Waals surface area contributed by atoms with Gasteiger partial charge in [-0.25, -0.2) is 8.78 Å². The molecule has 1 N–H and O–H groups in total. The van der Waals surface area contributed by atoms with E-state index >= 15 is 0 Å². The lowest BCUT2D eigenvalue weighted by molar-refractivity contribution is 0.0683. The van der Waals surface area contributed by atoms with Crippen molar-refractivity contribution in [2.24, 2.45) is 5.92 Å². The van der Waals surface area contributed by atoms with Crippen LogP contribution >= 0.6 is 0 Å². The fourth-order valence-corrected chi connectivity index (χ4v) is 4.45. The minimum atomic E-state index is -0.283. The van der Waals surface area contributed by atoms with Crippen LogP contribution in [0.25, 0.3) is 0 Å². The van der Waals surface area contributed by atoms with Gasteiger partial charge in [-0.2, -0.15) is 0 Å². The largest absolute Gasteiger partial charge is 0.392 e. The van der Waals surface area contributed by atoms with Crippen LogP contribution in [0, 0.1) is 17.6 Å². The normalized spacial score (nSPS) is 14.8. The maximum absolute atomic E-state index is 13.5. The monoisotopic (exact) mass is 421 g/mol. The predicted molar refractivity (Wildman–Crippen MR) is 116 cm³/mol.